The zero-order valence-corrected chi connectivity index (χ0v) is 10.4. The molecular weight excluding hydrogens is 237 g/mol. The van der Waals surface area contributed by atoms with E-state index >= 15 is 0 Å². The number of rotatable bonds is 3. The first kappa shape index (κ1) is 12.3. The van der Waals surface area contributed by atoms with Crippen molar-refractivity contribution in [1.29, 1.82) is 0 Å². The highest BCUT2D eigenvalue weighted by molar-refractivity contribution is 7.80. The van der Waals surface area contributed by atoms with E-state index < -0.39 is 0 Å². The Morgan fingerprint density at radius 1 is 1.29 bits per heavy atom. The topological polar surface area (TPSA) is 35.2 Å². The van der Waals surface area contributed by atoms with E-state index in [1.165, 1.54) is 12.5 Å². The van der Waals surface area contributed by atoms with Crippen LogP contribution >= 0.6 is 12.2 Å². The average Bonchev–Trinajstić information content (AvgIpc) is 2.33. The fourth-order valence-corrected chi connectivity index (χ4v) is 2.24. The van der Waals surface area contributed by atoms with Gasteiger partial charge in [0.1, 0.15) is 4.99 Å². The van der Waals surface area contributed by atoms with Gasteiger partial charge in [0.25, 0.3) is 0 Å². The molecule has 0 unspecified atom stereocenters. The first-order valence-electron chi connectivity index (χ1n) is 5.93. The summed E-state index contributed by atoms with van der Waals surface area (Å²) in [5, 5.41) is 0. The molecule has 4 heteroatoms. The van der Waals surface area contributed by atoms with Crippen molar-refractivity contribution in [3.63, 3.8) is 0 Å². The van der Waals surface area contributed by atoms with Crippen LogP contribution in [0.3, 0.4) is 0 Å². The van der Waals surface area contributed by atoms with Crippen molar-refractivity contribution in [1.82, 2.24) is 0 Å². The number of ether oxygens (including phenoxy) is 1. The lowest BCUT2D eigenvalue weighted by Gasteiger charge is -2.23. The number of hydrogen-bond acceptors (Lipinski definition) is 2. The molecule has 2 N–H and O–H groups in total. The summed E-state index contributed by atoms with van der Waals surface area (Å²) >= 11 is 4.80. The second-order valence-electron chi connectivity index (χ2n) is 4.39. The zero-order chi connectivity index (χ0) is 12.3. The standard InChI is InChI=1S/C13H16FNOS/c14-11-8-9(13(15)17)6-7-12(11)16-10-4-2-1-3-5-10/h6-8,10H,1-5H2,(H2,15,17). The summed E-state index contributed by atoms with van der Waals surface area (Å²) in [6.45, 7) is 0. The Hall–Kier alpha value is -1.16. The molecule has 92 valence electrons. The van der Waals surface area contributed by atoms with Crippen LogP contribution < -0.4 is 10.5 Å². The van der Waals surface area contributed by atoms with Crippen LogP contribution in [0.4, 0.5) is 4.39 Å². The first-order valence-corrected chi connectivity index (χ1v) is 6.33. The van der Waals surface area contributed by atoms with E-state index in [-0.39, 0.29) is 16.9 Å². The Labute approximate surface area is 106 Å². The van der Waals surface area contributed by atoms with Gasteiger partial charge in [-0.25, -0.2) is 4.39 Å². The SMILES string of the molecule is NC(=S)c1ccc(OC2CCCCC2)c(F)c1. The Morgan fingerprint density at radius 2 is 2.00 bits per heavy atom. The molecule has 0 amide bonds. The maximum atomic E-state index is 13.7. The summed E-state index contributed by atoms with van der Waals surface area (Å²) in [5.41, 5.74) is 5.98. The highest BCUT2D eigenvalue weighted by atomic mass is 32.1. The Balaban J connectivity index is 2.08. The van der Waals surface area contributed by atoms with E-state index in [9.17, 15) is 4.39 Å². The van der Waals surface area contributed by atoms with Gasteiger partial charge in [0.2, 0.25) is 0 Å². The molecule has 0 radical (unpaired) electrons. The van der Waals surface area contributed by atoms with Crippen LogP contribution in [0.2, 0.25) is 0 Å². The molecule has 0 heterocycles. The van der Waals surface area contributed by atoms with Gasteiger partial charge in [0, 0.05) is 5.56 Å². The lowest BCUT2D eigenvalue weighted by atomic mass is 9.98. The molecule has 0 spiro atoms. The van der Waals surface area contributed by atoms with Gasteiger partial charge in [-0.2, -0.15) is 0 Å². The summed E-state index contributed by atoms with van der Waals surface area (Å²) < 4.78 is 19.4. The van der Waals surface area contributed by atoms with Gasteiger partial charge >= 0.3 is 0 Å². The summed E-state index contributed by atoms with van der Waals surface area (Å²) in [4.78, 5) is 0.202. The molecule has 1 aliphatic rings. The van der Waals surface area contributed by atoms with Gasteiger partial charge in [0.15, 0.2) is 11.6 Å². The largest absolute Gasteiger partial charge is 0.487 e. The number of nitrogens with two attached hydrogens (primary N) is 1. The fourth-order valence-electron chi connectivity index (χ4n) is 2.11. The Morgan fingerprint density at radius 3 is 2.59 bits per heavy atom. The molecule has 1 aromatic carbocycles. The third kappa shape index (κ3) is 3.16. The van der Waals surface area contributed by atoms with Crippen LogP contribution in [0.5, 0.6) is 5.75 Å². The molecule has 1 aromatic rings. The predicted octanol–water partition coefficient (Wildman–Crippen LogP) is 3.17. The van der Waals surface area contributed by atoms with Crippen LogP contribution in [-0.2, 0) is 0 Å². The molecule has 1 fully saturated rings. The highest BCUT2D eigenvalue weighted by Gasteiger charge is 2.16. The second-order valence-corrected chi connectivity index (χ2v) is 4.83. The minimum Gasteiger partial charge on any atom is -0.487 e. The average molecular weight is 253 g/mol. The molecule has 0 bridgehead atoms. The molecule has 1 saturated carbocycles. The fraction of sp³-hybridized carbons (Fsp3) is 0.462. The highest BCUT2D eigenvalue weighted by Crippen LogP contribution is 2.25. The number of halogens is 1. The van der Waals surface area contributed by atoms with Crippen molar-refractivity contribution in [3.05, 3.63) is 29.6 Å². The minimum atomic E-state index is -0.388. The van der Waals surface area contributed by atoms with Crippen molar-refractivity contribution in [2.24, 2.45) is 5.73 Å². The van der Waals surface area contributed by atoms with Gasteiger partial charge in [-0.05, 0) is 43.9 Å². The molecule has 2 nitrogen and oxygen atoms in total. The quantitative estimate of drug-likeness (QED) is 0.840. The van der Waals surface area contributed by atoms with Crippen molar-refractivity contribution in [3.8, 4) is 5.75 Å². The third-order valence-electron chi connectivity index (χ3n) is 3.06. The van der Waals surface area contributed by atoms with Crippen LogP contribution in [-0.4, -0.2) is 11.1 Å². The summed E-state index contributed by atoms with van der Waals surface area (Å²) in [5.74, 6) is -0.0854. The monoisotopic (exact) mass is 253 g/mol. The molecule has 0 aliphatic heterocycles. The van der Waals surface area contributed by atoms with Crippen LogP contribution in [0.1, 0.15) is 37.7 Å². The molecule has 1 aliphatic carbocycles. The Bertz CT molecular complexity index is 416. The van der Waals surface area contributed by atoms with E-state index in [4.69, 9.17) is 22.7 Å². The van der Waals surface area contributed by atoms with E-state index in [0.717, 1.165) is 25.7 Å². The van der Waals surface area contributed by atoms with Crippen molar-refractivity contribution in [2.45, 2.75) is 38.2 Å². The smallest absolute Gasteiger partial charge is 0.165 e. The molecule has 0 aromatic heterocycles. The van der Waals surface area contributed by atoms with Gasteiger partial charge in [-0.3, -0.25) is 0 Å². The molecular formula is C13H16FNOS. The lowest BCUT2D eigenvalue weighted by molar-refractivity contribution is 0.148. The van der Waals surface area contributed by atoms with Crippen LogP contribution in [0.15, 0.2) is 18.2 Å². The van der Waals surface area contributed by atoms with E-state index in [2.05, 4.69) is 0 Å². The molecule has 17 heavy (non-hydrogen) atoms. The third-order valence-corrected chi connectivity index (χ3v) is 3.30. The minimum absolute atomic E-state index is 0.147. The van der Waals surface area contributed by atoms with Crippen molar-refractivity contribution in [2.75, 3.05) is 0 Å². The van der Waals surface area contributed by atoms with Crippen molar-refractivity contribution >= 4 is 17.2 Å². The number of thiocarbonyl (C=S) groups is 1. The number of benzene rings is 1. The van der Waals surface area contributed by atoms with Crippen molar-refractivity contribution < 1.29 is 9.13 Å². The second kappa shape index (κ2) is 5.45. The van der Waals surface area contributed by atoms with Crippen LogP contribution in [0.25, 0.3) is 0 Å². The molecule has 0 saturated heterocycles. The summed E-state index contributed by atoms with van der Waals surface area (Å²) in [7, 11) is 0. The summed E-state index contributed by atoms with van der Waals surface area (Å²) in [6.07, 6.45) is 5.75. The van der Waals surface area contributed by atoms with Gasteiger partial charge in [-0.15, -0.1) is 0 Å². The maximum Gasteiger partial charge on any atom is 0.165 e. The van der Waals surface area contributed by atoms with Gasteiger partial charge < -0.3 is 10.5 Å². The first-order chi connectivity index (χ1) is 8.16. The Kier molecular flexibility index (Phi) is 3.94. The molecule has 0 atom stereocenters. The maximum absolute atomic E-state index is 13.7. The van der Waals surface area contributed by atoms with E-state index in [1.807, 2.05) is 0 Å². The van der Waals surface area contributed by atoms with Gasteiger partial charge in [0.05, 0.1) is 6.10 Å². The lowest BCUT2D eigenvalue weighted by Crippen LogP contribution is -2.20. The zero-order valence-electron chi connectivity index (χ0n) is 9.62. The summed E-state index contributed by atoms with van der Waals surface area (Å²) in [6, 6.07) is 4.64. The normalized spacial score (nSPS) is 16.8. The van der Waals surface area contributed by atoms with E-state index in [1.54, 1.807) is 12.1 Å². The van der Waals surface area contributed by atoms with E-state index in [0.29, 0.717) is 11.3 Å². The molecule has 2 rings (SSSR count). The van der Waals surface area contributed by atoms with Gasteiger partial charge in [-0.1, -0.05) is 18.6 Å². The van der Waals surface area contributed by atoms with Crippen LogP contribution in [0, 0.1) is 5.82 Å². The predicted molar refractivity (Wildman–Crippen MR) is 69.8 cm³/mol. The number of hydrogen-bond donors (Lipinski definition) is 1.